The fourth-order valence-corrected chi connectivity index (χ4v) is 2.68. The van der Waals surface area contributed by atoms with Gasteiger partial charge in [-0.15, -0.1) is 0 Å². The van der Waals surface area contributed by atoms with Gasteiger partial charge in [-0.3, -0.25) is 4.79 Å². The van der Waals surface area contributed by atoms with E-state index in [0.29, 0.717) is 26.1 Å². The van der Waals surface area contributed by atoms with Gasteiger partial charge in [0.15, 0.2) is 0 Å². The second-order valence-electron chi connectivity index (χ2n) is 5.52. The van der Waals surface area contributed by atoms with Crippen LogP contribution in [0.2, 0.25) is 0 Å². The Hall–Kier alpha value is -1.86. The summed E-state index contributed by atoms with van der Waals surface area (Å²) < 4.78 is 5.28. The van der Waals surface area contributed by atoms with Crippen molar-refractivity contribution in [1.82, 2.24) is 0 Å². The van der Waals surface area contributed by atoms with Crippen molar-refractivity contribution in [2.24, 2.45) is 5.41 Å². The Kier molecular flexibility index (Phi) is 4.10. The number of nitriles is 1. The maximum absolute atomic E-state index is 12.7. The molecule has 0 atom stereocenters. The van der Waals surface area contributed by atoms with Crippen molar-refractivity contribution >= 4 is 11.6 Å². The van der Waals surface area contributed by atoms with Gasteiger partial charge < -0.3 is 9.64 Å². The number of hydrogen-bond acceptors (Lipinski definition) is 3. The van der Waals surface area contributed by atoms with Crippen LogP contribution in [-0.4, -0.2) is 26.2 Å². The van der Waals surface area contributed by atoms with Crippen LogP contribution in [0.25, 0.3) is 0 Å². The summed E-state index contributed by atoms with van der Waals surface area (Å²) in [6.45, 7) is 4.95. The monoisotopic (exact) mass is 272 g/mol. The Bertz CT molecular complexity index is 534. The highest BCUT2D eigenvalue weighted by atomic mass is 16.5. The van der Waals surface area contributed by atoms with E-state index < -0.39 is 5.41 Å². The minimum atomic E-state index is -0.940. The number of hydrogen-bond donors (Lipinski definition) is 0. The highest BCUT2D eigenvalue weighted by Gasteiger charge is 2.42. The van der Waals surface area contributed by atoms with Crippen LogP contribution in [-0.2, 0) is 9.53 Å². The molecule has 1 fully saturated rings. The van der Waals surface area contributed by atoms with Crippen LogP contribution in [0.4, 0.5) is 5.69 Å². The van der Waals surface area contributed by atoms with E-state index in [-0.39, 0.29) is 5.91 Å². The van der Waals surface area contributed by atoms with E-state index in [2.05, 4.69) is 12.1 Å². The molecule has 4 nitrogen and oxygen atoms in total. The maximum Gasteiger partial charge on any atom is 0.247 e. The van der Waals surface area contributed by atoms with Crippen LogP contribution in [0, 0.1) is 30.6 Å². The van der Waals surface area contributed by atoms with Gasteiger partial charge in [-0.1, -0.05) is 6.07 Å². The molecule has 4 heteroatoms. The summed E-state index contributed by atoms with van der Waals surface area (Å²) >= 11 is 0. The minimum Gasteiger partial charge on any atom is -0.381 e. The number of carbonyl (C=O) groups is 1. The second-order valence-corrected chi connectivity index (χ2v) is 5.52. The first-order valence-electron chi connectivity index (χ1n) is 6.84. The molecular weight excluding hydrogens is 252 g/mol. The van der Waals surface area contributed by atoms with Crippen molar-refractivity contribution in [3.05, 3.63) is 29.3 Å². The molecule has 0 spiro atoms. The molecule has 1 heterocycles. The topological polar surface area (TPSA) is 53.3 Å². The Morgan fingerprint density at radius 3 is 2.30 bits per heavy atom. The minimum absolute atomic E-state index is 0.131. The zero-order chi connectivity index (χ0) is 14.8. The molecule has 1 aromatic carbocycles. The van der Waals surface area contributed by atoms with Crippen LogP contribution >= 0.6 is 0 Å². The number of nitrogens with zero attached hydrogens (tertiary/aromatic N) is 2. The summed E-state index contributed by atoms with van der Waals surface area (Å²) in [5.74, 6) is -0.131. The molecule has 2 rings (SSSR count). The number of aryl methyl sites for hydroxylation is 2. The fourth-order valence-electron chi connectivity index (χ4n) is 2.68. The molecule has 1 amide bonds. The van der Waals surface area contributed by atoms with E-state index in [1.54, 1.807) is 11.9 Å². The molecule has 1 aliphatic heterocycles. The average Bonchev–Trinajstić information content (AvgIpc) is 2.45. The van der Waals surface area contributed by atoms with E-state index >= 15 is 0 Å². The third-order valence-corrected chi connectivity index (χ3v) is 3.87. The average molecular weight is 272 g/mol. The number of benzene rings is 1. The normalized spacial score (nSPS) is 17.3. The fraction of sp³-hybridized carbons (Fsp3) is 0.500. The molecule has 0 N–H and O–H groups in total. The van der Waals surface area contributed by atoms with Gasteiger partial charge in [-0.2, -0.15) is 5.26 Å². The molecule has 0 aliphatic carbocycles. The predicted octanol–water partition coefficient (Wildman–Crippen LogP) is 2.59. The van der Waals surface area contributed by atoms with Gasteiger partial charge >= 0.3 is 0 Å². The molecule has 0 unspecified atom stereocenters. The van der Waals surface area contributed by atoms with Gasteiger partial charge in [0.05, 0.1) is 6.07 Å². The van der Waals surface area contributed by atoms with Gasteiger partial charge in [0.25, 0.3) is 0 Å². The summed E-state index contributed by atoms with van der Waals surface area (Å²) in [6, 6.07) is 8.23. The van der Waals surface area contributed by atoms with Crippen molar-refractivity contribution in [1.29, 1.82) is 5.26 Å². The predicted molar refractivity (Wildman–Crippen MR) is 77.4 cm³/mol. The molecule has 0 bridgehead atoms. The first-order valence-corrected chi connectivity index (χ1v) is 6.84. The van der Waals surface area contributed by atoms with E-state index in [1.807, 2.05) is 26.0 Å². The number of rotatable bonds is 2. The lowest BCUT2D eigenvalue weighted by atomic mass is 9.80. The lowest BCUT2D eigenvalue weighted by Gasteiger charge is -2.33. The number of carbonyl (C=O) groups excluding carboxylic acids is 1. The number of anilines is 1. The van der Waals surface area contributed by atoms with Gasteiger partial charge in [-0.05, 0) is 49.9 Å². The van der Waals surface area contributed by atoms with Gasteiger partial charge in [0.1, 0.15) is 5.41 Å². The maximum atomic E-state index is 12.7. The molecular formula is C16H20N2O2. The first-order chi connectivity index (χ1) is 9.48. The molecule has 1 aliphatic rings. The van der Waals surface area contributed by atoms with Crippen LogP contribution in [0.5, 0.6) is 0 Å². The Morgan fingerprint density at radius 1 is 1.25 bits per heavy atom. The summed E-state index contributed by atoms with van der Waals surface area (Å²) in [5, 5.41) is 9.46. The van der Waals surface area contributed by atoms with Crippen LogP contribution in [0.15, 0.2) is 18.2 Å². The number of amides is 1. The van der Waals surface area contributed by atoms with Crippen LogP contribution < -0.4 is 4.90 Å². The first kappa shape index (κ1) is 14.5. The van der Waals surface area contributed by atoms with Gasteiger partial charge in [-0.25, -0.2) is 0 Å². The molecule has 20 heavy (non-hydrogen) atoms. The largest absolute Gasteiger partial charge is 0.381 e. The van der Waals surface area contributed by atoms with E-state index in [1.165, 1.54) is 0 Å². The van der Waals surface area contributed by atoms with E-state index in [9.17, 15) is 10.1 Å². The zero-order valence-electron chi connectivity index (χ0n) is 12.3. The van der Waals surface area contributed by atoms with Crippen LogP contribution in [0.3, 0.4) is 0 Å². The Labute approximate surface area is 120 Å². The van der Waals surface area contributed by atoms with Crippen LogP contribution in [0.1, 0.15) is 24.0 Å². The highest BCUT2D eigenvalue weighted by molar-refractivity contribution is 5.99. The number of ether oxygens (including phenoxy) is 1. The molecule has 0 aromatic heterocycles. The second kappa shape index (κ2) is 5.64. The standard InChI is InChI=1S/C16H20N2O2/c1-12-8-13(2)10-14(9-12)18(3)15(19)16(11-17)4-6-20-7-5-16/h8-10H,4-7H2,1-3H3. The molecule has 1 aromatic rings. The molecule has 106 valence electrons. The lowest BCUT2D eigenvalue weighted by molar-refractivity contribution is -0.129. The zero-order valence-corrected chi connectivity index (χ0v) is 12.3. The lowest BCUT2D eigenvalue weighted by Crippen LogP contribution is -2.44. The third kappa shape index (κ3) is 2.68. The summed E-state index contributed by atoms with van der Waals surface area (Å²) in [7, 11) is 1.74. The molecule has 1 saturated heterocycles. The van der Waals surface area contributed by atoms with Gasteiger partial charge in [0, 0.05) is 25.9 Å². The smallest absolute Gasteiger partial charge is 0.247 e. The summed E-state index contributed by atoms with van der Waals surface area (Å²) in [4.78, 5) is 14.3. The Balaban J connectivity index is 2.29. The highest BCUT2D eigenvalue weighted by Crippen LogP contribution is 2.33. The summed E-state index contributed by atoms with van der Waals surface area (Å²) in [5.41, 5.74) is 2.12. The summed E-state index contributed by atoms with van der Waals surface area (Å²) in [6.07, 6.45) is 0.939. The molecule has 0 saturated carbocycles. The van der Waals surface area contributed by atoms with Gasteiger partial charge in [0.2, 0.25) is 5.91 Å². The van der Waals surface area contributed by atoms with Crippen molar-refractivity contribution in [3.63, 3.8) is 0 Å². The Morgan fingerprint density at radius 2 is 1.80 bits per heavy atom. The van der Waals surface area contributed by atoms with Crippen molar-refractivity contribution in [2.75, 3.05) is 25.2 Å². The molecule has 0 radical (unpaired) electrons. The van der Waals surface area contributed by atoms with E-state index in [0.717, 1.165) is 16.8 Å². The van der Waals surface area contributed by atoms with Crippen molar-refractivity contribution < 1.29 is 9.53 Å². The quantitative estimate of drug-likeness (QED) is 0.831. The third-order valence-electron chi connectivity index (χ3n) is 3.87. The van der Waals surface area contributed by atoms with E-state index in [4.69, 9.17) is 4.74 Å². The van der Waals surface area contributed by atoms with Crippen molar-refractivity contribution in [3.8, 4) is 6.07 Å². The van der Waals surface area contributed by atoms with Crippen molar-refractivity contribution in [2.45, 2.75) is 26.7 Å². The SMILES string of the molecule is Cc1cc(C)cc(N(C)C(=O)C2(C#N)CCOCC2)c1.